The van der Waals surface area contributed by atoms with Crippen molar-refractivity contribution < 1.29 is 33.7 Å². The highest BCUT2D eigenvalue weighted by atomic mass is 16.6. The van der Waals surface area contributed by atoms with Crippen molar-refractivity contribution in [3.8, 4) is 11.5 Å². The Morgan fingerprint density at radius 2 is 1.79 bits per heavy atom. The molecule has 7 heteroatoms. The molecule has 1 aromatic rings. The third kappa shape index (κ3) is 4.58. The van der Waals surface area contributed by atoms with E-state index in [4.69, 9.17) is 9.47 Å². The van der Waals surface area contributed by atoms with E-state index in [-0.39, 0.29) is 28.9 Å². The molecule has 1 aromatic carbocycles. The summed E-state index contributed by atoms with van der Waals surface area (Å²) >= 11 is 0. The summed E-state index contributed by atoms with van der Waals surface area (Å²) in [5, 5.41) is 9.49. The number of carboxylic acids is 1. The molecule has 130 valence electrons. The van der Waals surface area contributed by atoms with Crippen molar-refractivity contribution >= 4 is 23.5 Å². The number of benzene rings is 1. The quantitative estimate of drug-likeness (QED) is 0.464. The van der Waals surface area contributed by atoms with E-state index in [2.05, 4.69) is 4.74 Å². The van der Waals surface area contributed by atoms with Gasteiger partial charge in [0.2, 0.25) is 0 Å². The van der Waals surface area contributed by atoms with Crippen LogP contribution in [0.15, 0.2) is 23.8 Å². The molecule has 0 aliphatic heterocycles. The van der Waals surface area contributed by atoms with Crippen molar-refractivity contribution in [1.29, 1.82) is 0 Å². The van der Waals surface area contributed by atoms with Gasteiger partial charge in [-0.1, -0.05) is 13.3 Å². The molecule has 24 heavy (non-hydrogen) atoms. The maximum atomic E-state index is 12.4. The average Bonchev–Trinajstić information content (AvgIpc) is 2.53. The van der Waals surface area contributed by atoms with Crippen LogP contribution in [-0.4, -0.2) is 37.2 Å². The van der Waals surface area contributed by atoms with Crippen molar-refractivity contribution in [3.63, 3.8) is 0 Å². The number of carboxylic acid groups (broad SMARTS) is 1. The van der Waals surface area contributed by atoms with Gasteiger partial charge in [0.1, 0.15) is 11.5 Å². The van der Waals surface area contributed by atoms with Gasteiger partial charge in [0.15, 0.2) is 0 Å². The number of methoxy groups -OCH3 is 2. The van der Waals surface area contributed by atoms with E-state index in [0.29, 0.717) is 12.2 Å². The Balaban J connectivity index is 3.70. The lowest BCUT2D eigenvalue weighted by Gasteiger charge is -2.15. The highest BCUT2D eigenvalue weighted by Gasteiger charge is 2.27. The Bertz CT molecular complexity index is 674. The van der Waals surface area contributed by atoms with Gasteiger partial charge in [0.05, 0.1) is 25.4 Å². The van der Waals surface area contributed by atoms with Gasteiger partial charge in [-0.3, -0.25) is 4.79 Å². The summed E-state index contributed by atoms with van der Waals surface area (Å²) in [5.41, 5.74) is -0.195. The first-order valence-corrected chi connectivity index (χ1v) is 7.27. The standard InChI is InChI=1S/C17H20O7/c1-5-6-12(16(19)20)15(17(21)24-10(2)18)13-9-11(22-3)7-8-14(13)23-4/h7-9H,5-6H2,1-4H3,(H,19,20). The molecule has 1 N–H and O–H groups in total. The summed E-state index contributed by atoms with van der Waals surface area (Å²) in [4.78, 5) is 35.2. The van der Waals surface area contributed by atoms with Crippen LogP contribution in [0.3, 0.4) is 0 Å². The first-order chi connectivity index (χ1) is 11.3. The minimum absolute atomic E-state index is 0.123. The third-order valence-corrected chi connectivity index (χ3v) is 3.18. The van der Waals surface area contributed by atoms with E-state index in [1.807, 2.05) is 0 Å². The number of aliphatic carboxylic acids is 1. The van der Waals surface area contributed by atoms with Crippen molar-refractivity contribution in [2.75, 3.05) is 14.2 Å². The Labute approximate surface area is 139 Å². The summed E-state index contributed by atoms with van der Waals surface area (Å²) in [6.07, 6.45) is 0.614. The van der Waals surface area contributed by atoms with Gasteiger partial charge in [-0.2, -0.15) is 0 Å². The Morgan fingerprint density at radius 1 is 1.12 bits per heavy atom. The number of hydrogen-bond donors (Lipinski definition) is 1. The zero-order chi connectivity index (χ0) is 18.3. The fraction of sp³-hybridized carbons (Fsp3) is 0.353. The molecule has 0 heterocycles. The molecule has 0 fully saturated rings. The summed E-state index contributed by atoms with van der Waals surface area (Å²) in [6.45, 7) is 2.85. The summed E-state index contributed by atoms with van der Waals surface area (Å²) < 4.78 is 15.0. The van der Waals surface area contributed by atoms with Gasteiger partial charge in [-0.05, 0) is 24.6 Å². The molecule has 0 amide bonds. The highest BCUT2D eigenvalue weighted by Crippen LogP contribution is 2.34. The van der Waals surface area contributed by atoms with Crippen molar-refractivity contribution in [3.05, 3.63) is 29.3 Å². The molecule has 0 atom stereocenters. The van der Waals surface area contributed by atoms with Crippen molar-refractivity contribution in [2.45, 2.75) is 26.7 Å². The van der Waals surface area contributed by atoms with Gasteiger partial charge >= 0.3 is 17.9 Å². The monoisotopic (exact) mass is 336 g/mol. The second-order valence-corrected chi connectivity index (χ2v) is 4.86. The summed E-state index contributed by atoms with van der Waals surface area (Å²) in [5.74, 6) is -2.47. The Hall–Kier alpha value is -2.83. The second-order valence-electron chi connectivity index (χ2n) is 4.86. The van der Waals surface area contributed by atoms with Crippen LogP contribution >= 0.6 is 0 Å². The van der Waals surface area contributed by atoms with Gasteiger partial charge in [0, 0.05) is 12.5 Å². The van der Waals surface area contributed by atoms with Crippen LogP contribution in [-0.2, 0) is 19.1 Å². The smallest absolute Gasteiger partial charge is 0.347 e. The molecule has 0 spiro atoms. The topological polar surface area (TPSA) is 99.1 Å². The number of hydrogen-bond acceptors (Lipinski definition) is 6. The first-order valence-electron chi connectivity index (χ1n) is 7.27. The van der Waals surface area contributed by atoms with Gasteiger partial charge in [-0.15, -0.1) is 0 Å². The van der Waals surface area contributed by atoms with E-state index < -0.39 is 17.9 Å². The lowest BCUT2D eigenvalue weighted by molar-refractivity contribution is -0.154. The van der Waals surface area contributed by atoms with Crippen LogP contribution in [0, 0.1) is 0 Å². The predicted octanol–water partition coefficient (Wildman–Crippen LogP) is 2.43. The van der Waals surface area contributed by atoms with E-state index in [1.165, 1.54) is 20.3 Å². The lowest BCUT2D eigenvalue weighted by Crippen LogP contribution is -2.16. The largest absolute Gasteiger partial charge is 0.497 e. The fourth-order valence-corrected chi connectivity index (χ4v) is 2.18. The normalized spacial score (nSPS) is 11.3. The Morgan fingerprint density at radius 3 is 2.25 bits per heavy atom. The maximum absolute atomic E-state index is 12.4. The number of ether oxygens (including phenoxy) is 3. The van der Waals surface area contributed by atoms with Crippen LogP contribution in [0.25, 0.3) is 5.57 Å². The van der Waals surface area contributed by atoms with Crippen molar-refractivity contribution in [1.82, 2.24) is 0 Å². The molecule has 0 aliphatic rings. The number of rotatable bonds is 7. The zero-order valence-electron chi connectivity index (χ0n) is 14.0. The molecular formula is C17H20O7. The molecule has 0 bridgehead atoms. The molecule has 0 radical (unpaired) electrons. The van der Waals surface area contributed by atoms with Crippen LogP contribution in [0.2, 0.25) is 0 Å². The zero-order valence-corrected chi connectivity index (χ0v) is 14.0. The van der Waals surface area contributed by atoms with Crippen LogP contribution < -0.4 is 9.47 Å². The first kappa shape index (κ1) is 19.2. The van der Waals surface area contributed by atoms with E-state index in [9.17, 15) is 19.5 Å². The van der Waals surface area contributed by atoms with E-state index in [1.54, 1.807) is 19.1 Å². The number of esters is 2. The number of carbonyl (C=O) groups is 3. The third-order valence-electron chi connectivity index (χ3n) is 3.18. The molecule has 0 unspecified atom stereocenters. The number of carbonyl (C=O) groups excluding carboxylic acids is 2. The highest BCUT2D eigenvalue weighted by molar-refractivity contribution is 6.25. The van der Waals surface area contributed by atoms with Gasteiger partial charge in [0.25, 0.3) is 0 Å². The van der Waals surface area contributed by atoms with E-state index >= 15 is 0 Å². The molecule has 7 nitrogen and oxygen atoms in total. The van der Waals surface area contributed by atoms with Crippen LogP contribution in [0.1, 0.15) is 32.3 Å². The summed E-state index contributed by atoms with van der Waals surface area (Å²) in [7, 11) is 2.83. The average molecular weight is 336 g/mol. The summed E-state index contributed by atoms with van der Waals surface area (Å²) in [6, 6.07) is 4.62. The van der Waals surface area contributed by atoms with E-state index in [0.717, 1.165) is 6.92 Å². The lowest BCUT2D eigenvalue weighted by atomic mass is 9.95. The SMILES string of the molecule is CCCC(C(=O)O)=C(C(=O)OC(C)=O)c1cc(OC)ccc1OC. The van der Waals surface area contributed by atoms with Gasteiger partial charge < -0.3 is 19.3 Å². The molecule has 0 saturated carbocycles. The molecular weight excluding hydrogens is 316 g/mol. The molecule has 0 aliphatic carbocycles. The maximum Gasteiger partial charge on any atom is 0.347 e. The molecule has 0 saturated heterocycles. The minimum Gasteiger partial charge on any atom is -0.497 e. The van der Waals surface area contributed by atoms with Crippen LogP contribution in [0.5, 0.6) is 11.5 Å². The van der Waals surface area contributed by atoms with Crippen LogP contribution in [0.4, 0.5) is 0 Å². The second kappa shape index (κ2) is 8.71. The van der Waals surface area contributed by atoms with Crippen molar-refractivity contribution in [2.24, 2.45) is 0 Å². The minimum atomic E-state index is -1.27. The molecule has 1 rings (SSSR count). The predicted molar refractivity (Wildman–Crippen MR) is 85.8 cm³/mol. The molecule has 0 aromatic heterocycles. The van der Waals surface area contributed by atoms with Gasteiger partial charge in [-0.25, -0.2) is 9.59 Å². The fourth-order valence-electron chi connectivity index (χ4n) is 2.18. The Kier molecular flexibility index (Phi) is 6.98.